The van der Waals surface area contributed by atoms with E-state index >= 15 is 0 Å². The fourth-order valence-electron chi connectivity index (χ4n) is 2.98. The lowest BCUT2D eigenvalue weighted by Gasteiger charge is -2.21. The van der Waals surface area contributed by atoms with Crippen LogP contribution in [0, 0.1) is 18.4 Å². The molecular formula is C25H28N2O3SSi. The zero-order valence-electron chi connectivity index (χ0n) is 19.1. The van der Waals surface area contributed by atoms with Crippen LogP contribution in [-0.2, 0) is 10.0 Å². The van der Waals surface area contributed by atoms with E-state index in [9.17, 15) is 8.42 Å². The van der Waals surface area contributed by atoms with Crippen LogP contribution in [0.5, 0.6) is 0 Å². The minimum Gasteiger partial charge on any atom is -0.434 e. The van der Waals surface area contributed by atoms with Crippen molar-refractivity contribution in [1.29, 1.82) is 0 Å². The van der Waals surface area contributed by atoms with Crippen LogP contribution in [0.15, 0.2) is 70.0 Å². The predicted molar refractivity (Wildman–Crippen MR) is 133 cm³/mol. The summed E-state index contributed by atoms with van der Waals surface area (Å²) in [6.07, 6.45) is 3.51. The average molecular weight is 465 g/mol. The Balaban J connectivity index is 2.21. The summed E-state index contributed by atoms with van der Waals surface area (Å²) in [4.78, 5) is 4.73. The number of hydrogen-bond acceptors (Lipinski definition) is 4. The second-order valence-corrected chi connectivity index (χ2v) is 15.1. The lowest BCUT2D eigenvalue weighted by atomic mass is 10.2. The molecule has 0 bridgehead atoms. The summed E-state index contributed by atoms with van der Waals surface area (Å²) in [5.41, 5.74) is 4.98. The minimum absolute atomic E-state index is 0.0118. The molecule has 1 heterocycles. The number of anilines is 1. The number of aromatic nitrogens is 1. The summed E-state index contributed by atoms with van der Waals surface area (Å²) < 4.78 is 34.7. The van der Waals surface area contributed by atoms with Crippen molar-refractivity contribution in [1.82, 2.24) is 4.98 Å². The zero-order chi connectivity index (χ0) is 23.4. The normalized spacial score (nSPS) is 11.9. The molecule has 2 aromatic carbocycles. The first-order chi connectivity index (χ1) is 15.1. The second kappa shape index (κ2) is 9.59. The van der Waals surface area contributed by atoms with Gasteiger partial charge >= 0.3 is 0 Å². The van der Waals surface area contributed by atoms with Crippen LogP contribution >= 0.6 is 0 Å². The van der Waals surface area contributed by atoms with Gasteiger partial charge in [0.1, 0.15) is 8.07 Å². The molecule has 166 valence electrons. The van der Waals surface area contributed by atoms with Crippen molar-refractivity contribution >= 4 is 30.0 Å². The first kappa shape index (κ1) is 23.6. The van der Waals surface area contributed by atoms with Crippen molar-refractivity contribution in [3.05, 3.63) is 72.1 Å². The van der Waals surface area contributed by atoms with Crippen LogP contribution in [0.2, 0.25) is 19.6 Å². The molecule has 3 rings (SSSR count). The van der Waals surface area contributed by atoms with E-state index in [1.165, 1.54) is 4.31 Å². The summed E-state index contributed by atoms with van der Waals surface area (Å²) >= 11 is 0. The van der Waals surface area contributed by atoms with Crippen molar-refractivity contribution in [3.8, 4) is 22.8 Å². The molecule has 0 atom stereocenters. The van der Waals surface area contributed by atoms with Crippen molar-refractivity contribution < 1.29 is 12.8 Å². The van der Waals surface area contributed by atoms with Crippen molar-refractivity contribution in [3.63, 3.8) is 0 Å². The summed E-state index contributed by atoms with van der Waals surface area (Å²) in [5, 5.41) is 0. The molecule has 32 heavy (non-hydrogen) atoms. The number of benzene rings is 2. The van der Waals surface area contributed by atoms with E-state index in [-0.39, 0.29) is 17.3 Å². The van der Waals surface area contributed by atoms with Gasteiger partial charge in [0, 0.05) is 5.56 Å². The minimum atomic E-state index is -3.92. The topological polar surface area (TPSA) is 63.4 Å². The predicted octanol–water partition coefficient (Wildman–Crippen LogP) is 5.76. The Labute approximate surface area is 191 Å². The highest BCUT2D eigenvalue weighted by Gasteiger charge is 2.30. The maximum atomic E-state index is 13.7. The molecule has 0 saturated heterocycles. The Bertz CT molecular complexity index is 1260. The largest absolute Gasteiger partial charge is 0.434 e. The Kier molecular flexibility index (Phi) is 7.07. The average Bonchev–Trinajstić information content (AvgIpc) is 3.15. The van der Waals surface area contributed by atoms with Gasteiger partial charge in [-0.2, -0.15) is 4.98 Å². The van der Waals surface area contributed by atoms with E-state index < -0.39 is 18.1 Å². The molecule has 7 heteroatoms. The standard InChI is InChI=1S/C25H28N2O3SSi/c1-6-11-23-26-25(24(30-23)21-12-8-7-9-13-21)27(18-10-19-32(3,4)5)31(28,29)22-16-14-20(2)15-17-22/h6-9,11-17H,18H2,1-5H3/b11-6+. The maximum absolute atomic E-state index is 13.7. The third-order valence-electron chi connectivity index (χ3n) is 4.50. The Morgan fingerprint density at radius 2 is 1.72 bits per heavy atom. The van der Waals surface area contributed by atoms with Crippen LogP contribution in [0.25, 0.3) is 17.4 Å². The molecule has 0 saturated carbocycles. The second-order valence-electron chi connectivity index (χ2n) is 8.45. The van der Waals surface area contributed by atoms with E-state index in [0.29, 0.717) is 11.7 Å². The van der Waals surface area contributed by atoms with E-state index in [1.807, 2.05) is 44.2 Å². The number of rotatable bonds is 6. The summed E-state index contributed by atoms with van der Waals surface area (Å²) in [6, 6.07) is 16.2. The van der Waals surface area contributed by atoms with Gasteiger partial charge in [-0.05, 0) is 32.1 Å². The fourth-order valence-corrected chi connectivity index (χ4v) is 4.91. The molecule has 3 aromatic rings. The Hall–Kier alpha value is -3.08. The number of sulfonamides is 1. The van der Waals surface area contributed by atoms with Gasteiger partial charge in [-0.25, -0.2) is 12.7 Å². The smallest absolute Gasteiger partial charge is 0.266 e. The molecule has 0 fully saturated rings. The molecule has 0 aliphatic carbocycles. The van der Waals surface area contributed by atoms with E-state index in [4.69, 9.17) is 4.42 Å². The van der Waals surface area contributed by atoms with Gasteiger partial charge in [0.15, 0.2) is 11.6 Å². The van der Waals surface area contributed by atoms with Crippen molar-refractivity contribution in [2.24, 2.45) is 0 Å². The number of oxazole rings is 1. The van der Waals surface area contributed by atoms with E-state index in [1.54, 1.807) is 36.4 Å². The summed E-state index contributed by atoms with van der Waals surface area (Å²) in [7, 11) is -5.61. The number of hydrogen-bond donors (Lipinski definition) is 0. The zero-order valence-corrected chi connectivity index (χ0v) is 20.9. The third kappa shape index (κ3) is 5.58. The first-order valence-electron chi connectivity index (χ1n) is 10.4. The number of nitrogens with zero attached hydrogens (tertiary/aromatic N) is 2. The quantitative estimate of drug-likeness (QED) is 0.344. The van der Waals surface area contributed by atoms with E-state index in [2.05, 4.69) is 36.1 Å². The molecule has 0 amide bonds. The molecule has 0 unspecified atom stereocenters. The highest BCUT2D eigenvalue weighted by atomic mass is 32.2. The number of aryl methyl sites for hydroxylation is 1. The number of allylic oxidation sites excluding steroid dienone is 1. The molecule has 5 nitrogen and oxygen atoms in total. The van der Waals surface area contributed by atoms with E-state index in [0.717, 1.165) is 11.1 Å². The maximum Gasteiger partial charge on any atom is 0.266 e. The first-order valence-corrected chi connectivity index (χ1v) is 15.3. The van der Waals surface area contributed by atoms with Gasteiger partial charge < -0.3 is 4.42 Å². The highest BCUT2D eigenvalue weighted by molar-refractivity contribution is 7.92. The van der Waals surface area contributed by atoms with Crippen LogP contribution in [0.3, 0.4) is 0 Å². The van der Waals surface area contributed by atoms with Gasteiger partial charge in [0.25, 0.3) is 10.0 Å². The fraction of sp³-hybridized carbons (Fsp3) is 0.240. The van der Waals surface area contributed by atoms with Gasteiger partial charge in [-0.3, -0.25) is 0 Å². The van der Waals surface area contributed by atoms with Crippen LogP contribution < -0.4 is 4.31 Å². The lowest BCUT2D eigenvalue weighted by Crippen LogP contribution is -2.32. The molecule has 0 radical (unpaired) electrons. The molecule has 0 aliphatic heterocycles. The van der Waals surface area contributed by atoms with Crippen molar-refractivity contribution in [2.45, 2.75) is 38.4 Å². The Morgan fingerprint density at radius 1 is 1.06 bits per heavy atom. The highest BCUT2D eigenvalue weighted by Crippen LogP contribution is 2.35. The molecule has 0 aliphatic rings. The lowest BCUT2D eigenvalue weighted by molar-refractivity contribution is 0.560. The molecule has 0 N–H and O–H groups in total. The molecule has 0 spiro atoms. The molecule has 1 aromatic heterocycles. The monoisotopic (exact) mass is 464 g/mol. The van der Waals surface area contributed by atoms with Crippen LogP contribution in [-0.4, -0.2) is 28.0 Å². The van der Waals surface area contributed by atoms with Crippen LogP contribution in [0.1, 0.15) is 18.4 Å². The van der Waals surface area contributed by atoms with Crippen LogP contribution in [0.4, 0.5) is 5.82 Å². The molecular weight excluding hydrogens is 436 g/mol. The SMILES string of the molecule is C/C=C/c1nc(N(CC#C[Si](C)(C)C)S(=O)(=O)c2ccc(C)cc2)c(-c2ccccc2)o1. The summed E-state index contributed by atoms with van der Waals surface area (Å²) in [5.74, 6) is 4.05. The third-order valence-corrected chi connectivity index (χ3v) is 7.18. The van der Waals surface area contributed by atoms with Gasteiger partial charge in [-0.15, -0.1) is 5.54 Å². The van der Waals surface area contributed by atoms with Crippen molar-refractivity contribution in [2.75, 3.05) is 10.8 Å². The Morgan fingerprint density at radius 3 is 2.31 bits per heavy atom. The van der Waals surface area contributed by atoms with Gasteiger partial charge in [-0.1, -0.05) is 79.7 Å². The van der Waals surface area contributed by atoms with Gasteiger partial charge in [0.05, 0.1) is 11.4 Å². The van der Waals surface area contributed by atoms with Gasteiger partial charge in [0.2, 0.25) is 5.89 Å². The summed E-state index contributed by atoms with van der Waals surface area (Å²) in [6.45, 7) is 10.1.